The Morgan fingerprint density at radius 1 is 1.41 bits per heavy atom. The van der Waals surface area contributed by atoms with Gasteiger partial charge in [-0.2, -0.15) is 9.61 Å². The van der Waals surface area contributed by atoms with Gasteiger partial charge in [0.1, 0.15) is 6.33 Å². The van der Waals surface area contributed by atoms with Crippen LogP contribution in [0.5, 0.6) is 0 Å². The Morgan fingerprint density at radius 2 is 2.29 bits per heavy atom. The molecule has 0 saturated carbocycles. The van der Waals surface area contributed by atoms with Crippen LogP contribution in [0.1, 0.15) is 5.56 Å². The van der Waals surface area contributed by atoms with Gasteiger partial charge in [0.05, 0.1) is 4.53 Å². The standard InChI is InChI=1S/C11H6BrN3OS/c12-8-3-1-2-7(4-8)5-9-10(16)15-11(17-9)13-6-14-15/h1-6H/b9-5-. The van der Waals surface area contributed by atoms with Crippen molar-refractivity contribution in [1.29, 1.82) is 0 Å². The minimum Gasteiger partial charge on any atom is -0.266 e. The van der Waals surface area contributed by atoms with Gasteiger partial charge in [0.15, 0.2) is 0 Å². The van der Waals surface area contributed by atoms with Crippen molar-refractivity contribution in [3.63, 3.8) is 0 Å². The van der Waals surface area contributed by atoms with Crippen LogP contribution in [-0.4, -0.2) is 14.6 Å². The molecule has 3 aromatic rings. The number of thiazole rings is 1. The number of nitrogens with zero attached hydrogens (tertiary/aromatic N) is 3. The van der Waals surface area contributed by atoms with Crippen LogP contribution in [0.2, 0.25) is 0 Å². The third-order valence-corrected chi connectivity index (χ3v) is 3.73. The summed E-state index contributed by atoms with van der Waals surface area (Å²) in [6.45, 7) is 0. The highest BCUT2D eigenvalue weighted by atomic mass is 79.9. The van der Waals surface area contributed by atoms with Crippen molar-refractivity contribution in [3.8, 4) is 0 Å². The summed E-state index contributed by atoms with van der Waals surface area (Å²) in [5.74, 6) is 0. The highest BCUT2D eigenvalue weighted by Crippen LogP contribution is 2.12. The van der Waals surface area contributed by atoms with Gasteiger partial charge >= 0.3 is 0 Å². The SMILES string of the molecule is O=c1/c(=C/c2cccc(Br)c2)sc2ncnn12. The molecule has 3 rings (SSSR count). The Hall–Kier alpha value is -1.53. The molecule has 0 spiro atoms. The molecule has 0 aliphatic carbocycles. The van der Waals surface area contributed by atoms with E-state index in [1.54, 1.807) is 0 Å². The lowest BCUT2D eigenvalue weighted by Crippen LogP contribution is -2.23. The minimum atomic E-state index is -0.123. The van der Waals surface area contributed by atoms with Crippen LogP contribution in [0.3, 0.4) is 0 Å². The molecule has 84 valence electrons. The maximum absolute atomic E-state index is 11.9. The van der Waals surface area contributed by atoms with Crippen molar-refractivity contribution >= 4 is 38.3 Å². The Kier molecular flexibility index (Phi) is 2.53. The lowest BCUT2D eigenvalue weighted by Gasteiger charge is -1.92. The molecule has 0 radical (unpaired) electrons. The molecule has 6 heteroatoms. The molecule has 0 atom stereocenters. The van der Waals surface area contributed by atoms with Crippen LogP contribution in [0.15, 0.2) is 39.9 Å². The fraction of sp³-hybridized carbons (Fsp3) is 0. The normalized spacial score (nSPS) is 12.4. The first-order valence-electron chi connectivity index (χ1n) is 4.84. The summed E-state index contributed by atoms with van der Waals surface area (Å²) in [7, 11) is 0. The second-order valence-electron chi connectivity index (χ2n) is 3.43. The minimum absolute atomic E-state index is 0.123. The van der Waals surface area contributed by atoms with Crippen LogP contribution >= 0.6 is 27.3 Å². The van der Waals surface area contributed by atoms with E-state index in [1.807, 2.05) is 30.3 Å². The first-order valence-corrected chi connectivity index (χ1v) is 6.45. The summed E-state index contributed by atoms with van der Waals surface area (Å²) in [6.07, 6.45) is 3.23. The van der Waals surface area contributed by atoms with Crippen molar-refractivity contribution in [3.05, 3.63) is 55.5 Å². The number of aromatic nitrogens is 3. The number of hydrogen-bond donors (Lipinski definition) is 0. The van der Waals surface area contributed by atoms with Crippen molar-refractivity contribution in [2.75, 3.05) is 0 Å². The topological polar surface area (TPSA) is 47.3 Å². The Bertz CT molecular complexity index is 793. The molecular formula is C11H6BrN3OS. The Morgan fingerprint density at radius 3 is 3.06 bits per heavy atom. The lowest BCUT2D eigenvalue weighted by molar-refractivity contribution is 0.932. The van der Waals surface area contributed by atoms with E-state index in [9.17, 15) is 4.79 Å². The van der Waals surface area contributed by atoms with Gasteiger partial charge in [0.2, 0.25) is 4.96 Å². The summed E-state index contributed by atoms with van der Waals surface area (Å²) in [4.78, 5) is 16.5. The van der Waals surface area contributed by atoms with Gasteiger partial charge in [0, 0.05) is 4.47 Å². The fourth-order valence-corrected chi connectivity index (χ4v) is 2.82. The van der Waals surface area contributed by atoms with E-state index in [0.29, 0.717) is 9.49 Å². The largest absolute Gasteiger partial charge is 0.291 e. The molecule has 17 heavy (non-hydrogen) atoms. The summed E-state index contributed by atoms with van der Waals surface area (Å²) in [5, 5.41) is 3.87. The predicted octanol–water partition coefficient (Wildman–Crippen LogP) is 1.46. The second kappa shape index (κ2) is 4.05. The summed E-state index contributed by atoms with van der Waals surface area (Å²) >= 11 is 4.73. The highest BCUT2D eigenvalue weighted by Gasteiger charge is 2.04. The molecular weight excluding hydrogens is 302 g/mol. The number of halogens is 1. The van der Waals surface area contributed by atoms with Gasteiger partial charge in [-0.25, -0.2) is 4.98 Å². The van der Waals surface area contributed by atoms with Crippen LogP contribution in [0.25, 0.3) is 11.0 Å². The van der Waals surface area contributed by atoms with Gasteiger partial charge in [-0.3, -0.25) is 4.79 Å². The van der Waals surface area contributed by atoms with Crippen molar-refractivity contribution in [1.82, 2.24) is 14.6 Å². The molecule has 1 aromatic carbocycles. The maximum atomic E-state index is 11.9. The van der Waals surface area contributed by atoms with Crippen molar-refractivity contribution in [2.24, 2.45) is 0 Å². The average Bonchev–Trinajstić information content (AvgIpc) is 2.84. The summed E-state index contributed by atoms with van der Waals surface area (Å²) in [6, 6.07) is 7.77. The van der Waals surface area contributed by atoms with Gasteiger partial charge in [-0.1, -0.05) is 39.4 Å². The Labute approximate surface area is 108 Å². The van der Waals surface area contributed by atoms with E-state index in [-0.39, 0.29) is 5.56 Å². The van der Waals surface area contributed by atoms with Crippen LogP contribution in [0, 0.1) is 0 Å². The molecule has 0 amide bonds. The van der Waals surface area contributed by atoms with E-state index in [1.165, 1.54) is 22.2 Å². The van der Waals surface area contributed by atoms with Crippen LogP contribution < -0.4 is 10.1 Å². The summed E-state index contributed by atoms with van der Waals surface area (Å²) < 4.78 is 2.94. The third kappa shape index (κ3) is 1.89. The second-order valence-corrected chi connectivity index (χ2v) is 5.35. The molecule has 0 aliphatic heterocycles. The molecule has 0 bridgehead atoms. The number of hydrogen-bond acceptors (Lipinski definition) is 4. The van der Waals surface area contributed by atoms with Crippen LogP contribution in [0.4, 0.5) is 0 Å². The fourth-order valence-electron chi connectivity index (χ4n) is 1.53. The van der Waals surface area contributed by atoms with Crippen molar-refractivity contribution in [2.45, 2.75) is 0 Å². The van der Waals surface area contributed by atoms with Gasteiger partial charge in [-0.15, -0.1) is 0 Å². The average molecular weight is 308 g/mol. The quantitative estimate of drug-likeness (QED) is 0.684. The van der Waals surface area contributed by atoms with Gasteiger partial charge < -0.3 is 0 Å². The first kappa shape index (κ1) is 10.6. The lowest BCUT2D eigenvalue weighted by atomic mass is 10.2. The van der Waals surface area contributed by atoms with Gasteiger partial charge in [0.25, 0.3) is 5.56 Å². The number of fused-ring (bicyclic) bond motifs is 1. The maximum Gasteiger partial charge on any atom is 0.291 e. The van der Waals surface area contributed by atoms with Crippen molar-refractivity contribution < 1.29 is 0 Å². The third-order valence-electron chi connectivity index (χ3n) is 2.27. The number of benzene rings is 1. The zero-order valence-corrected chi connectivity index (χ0v) is 10.9. The molecule has 0 N–H and O–H groups in total. The predicted molar refractivity (Wildman–Crippen MR) is 70.1 cm³/mol. The highest BCUT2D eigenvalue weighted by molar-refractivity contribution is 9.10. The first-order chi connectivity index (χ1) is 8.24. The summed E-state index contributed by atoms with van der Waals surface area (Å²) in [5.41, 5.74) is 0.850. The number of rotatable bonds is 1. The van der Waals surface area contributed by atoms with Crippen LogP contribution in [-0.2, 0) is 0 Å². The zero-order chi connectivity index (χ0) is 11.8. The van der Waals surface area contributed by atoms with E-state index >= 15 is 0 Å². The van der Waals surface area contributed by atoms with E-state index in [2.05, 4.69) is 26.0 Å². The van der Waals surface area contributed by atoms with Gasteiger partial charge in [-0.05, 0) is 23.8 Å². The van der Waals surface area contributed by atoms with E-state index in [4.69, 9.17) is 0 Å². The molecule has 0 aliphatic rings. The monoisotopic (exact) mass is 307 g/mol. The van der Waals surface area contributed by atoms with E-state index in [0.717, 1.165) is 10.0 Å². The molecule has 0 unspecified atom stereocenters. The molecule has 2 heterocycles. The smallest absolute Gasteiger partial charge is 0.266 e. The van der Waals surface area contributed by atoms with E-state index < -0.39 is 0 Å². The Balaban J connectivity index is 2.24. The molecule has 4 nitrogen and oxygen atoms in total. The molecule has 0 saturated heterocycles. The molecule has 2 aromatic heterocycles. The molecule has 0 fully saturated rings. The zero-order valence-electron chi connectivity index (χ0n) is 8.50.